The largest absolute Gasteiger partial charge is 0.388 e. The summed E-state index contributed by atoms with van der Waals surface area (Å²) in [5, 5.41) is 21.2. The molecule has 0 aromatic heterocycles. The highest BCUT2D eigenvalue weighted by atomic mass is 32.2. The molecule has 0 saturated carbocycles. The van der Waals surface area contributed by atoms with Crippen LogP contribution in [0.2, 0.25) is 0 Å². The Hall–Kier alpha value is -0.990. The molecule has 8 heteroatoms. The van der Waals surface area contributed by atoms with E-state index in [1.807, 2.05) is 6.26 Å². The molecule has 18 heavy (non-hydrogen) atoms. The second-order valence-electron chi connectivity index (χ2n) is 4.22. The van der Waals surface area contributed by atoms with Crippen LogP contribution in [0.4, 0.5) is 4.79 Å². The molecule has 3 atom stereocenters. The third kappa shape index (κ3) is 4.04. The summed E-state index contributed by atoms with van der Waals surface area (Å²) in [4.78, 5) is 24.3. The van der Waals surface area contributed by atoms with Gasteiger partial charge in [0.1, 0.15) is 6.04 Å². The maximum Gasteiger partial charge on any atom is 0.312 e. The Balaban J connectivity index is 2.61. The Morgan fingerprint density at radius 2 is 2.00 bits per heavy atom. The molecule has 1 aliphatic heterocycles. The number of rotatable bonds is 5. The van der Waals surface area contributed by atoms with E-state index in [4.69, 9.17) is 5.73 Å². The van der Waals surface area contributed by atoms with E-state index >= 15 is 0 Å². The van der Waals surface area contributed by atoms with Gasteiger partial charge >= 0.3 is 6.03 Å². The summed E-state index contributed by atoms with van der Waals surface area (Å²) in [6.45, 7) is 0.159. The van der Waals surface area contributed by atoms with E-state index in [-0.39, 0.29) is 19.0 Å². The fourth-order valence-electron chi connectivity index (χ4n) is 1.83. The number of aliphatic hydroxyl groups is 2. The molecule has 0 bridgehead atoms. The number of β-amino-alcohol motifs (C(OH)–C–C–N with tert-alkyl or cyclic N) is 2. The minimum Gasteiger partial charge on any atom is -0.388 e. The van der Waals surface area contributed by atoms with Gasteiger partial charge in [-0.25, -0.2) is 4.79 Å². The first-order chi connectivity index (χ1) is 8.45. The lowest BCUT2D eigenvalue weighted by atomic mass is 10.2. The first-order valence-corrected chi connectivity index (χ1v) is 7.05. The van der Waals surface area contributed by atoms with Crippen LogP contribution in [0.25, 0.3) is 0 Å². The van der Waals surface area contributed by atoms with Gasteiger partial charge in [-0.05, 0) is 18.4 Å². The zero-order valence-electron chi connectivity index (χ0n) is 10.2. The van der Waals surface area contributed by atoms with E-state index in [1.165, 1.54) is 4.90 Å². The van der Waals surface area contributed by atoms with Crippen molar-refractivity contribution >= 4 is 23.7 Å². The average molecular weight is 277 g/mol. The number of nitrogens with two attached hydrogens (primary N) is 1. The summed E-state index contributed by atoms with van der Waals surface area (Å²) in [5.74, 6) is 0.383. The summed E-state index contributed by atoms with van der Waals surface area (Å²) in [5.41, 5.74) is 5.03. The normalized spacial score (nSPS) is 24.9. The maximum absolute atomic E-state index is 12.1. The van der Waals surface area contributed by atoms with E-state index in [1.54, 1.807) is 11.8 Å². The van der Waals surface area contributed by atoms with Crippen LogP contribution in [0.15, 0.2) is 0 Å². The molecule has 1 rings (SSSR count). The Morgan fingerprint density at radius 3 is 2.44 bits per heavy atom. The zero-order chi connectivity index (χ0) is 13.7. The van der Waals surface area contributed by atoms with Crippen molar-refractivity contribution < 1.29 is 19.8 Å². The molecule has 0 radical (unpaired) electrons. The van der Waals surface area contributed by atoms with Gasteiger partial charge in [0.25, 0.3) is 0 Å². The fourth-order valence-corrected chi connectivity index (χ4v) is 2.31. The number of hydrogen-bond acceptors (Lipinski definition) is 5. The molecule has 1 heterocycles. The van der Waals surface area contributed by atoms with Gasteiger partial charge in [-0.15, -0.1) is 0 Å². The monoisotopic (exact) mass is 277 g/mol. The van der Waals surface area contributed by atoms with Crippen LogP contribution < -0.4 is 11.1 Å². The van der Waals surface area contributed by atoms with Crippen LogP contribution in [0.5, 0.6) is 0 Å². The minimum atomic E-state index is -0.927. The lowest BCUT2D eigenvalue weighted by molar-refractivity contribution is -0.132. The molecule has 0 spiro atoms. The number of aliphatic hydroxyl groups excluding tert-OH is 2. The number of hydrogen-bond donors (Lipinski definition) is 4. The SMILES string of the molecule is CSCCC(NC(N)=O)C(=O)N1C[C@@H](O)[C@@H](O)C1. The topological polar surface area (TPSA) is 116 Å². The van der Waals surface area contributed by atoms with Crippen molar-refractivity contribution in [1.29, 1.82) is 0 Å². The molecular weight excluding hydrogens is 258 g/mol. The Morgan fingerprint density at radius 1 is 1.44 bits per heavy atom. The van der Waals surface area contributed by atoms with Gasteiger partial charge in [0.05, 0.1) is 12.2 Å². The predicted octanol–water partition coefficient (Wildman–Crippen LogP) is -1.66. The molecule has 3 amide bonds. The summed E-state index contributed by atoms with van der Waals surface area (Å²) >= 11 is 1.56. The number of thioether (sulfide) groups is 1. The van der Waals surface area contributed by atoms with Gasteiger partial charge in [0, 0.05) is 13.1 Å². The number of amides is 3. The number of primary amides is 1. The van der Waals surface area contributed by atoms with Crippen LogP contribution in [0.3, 0.4) is 0 Å². The Bertz CT molecular complexity index is 305. The maximum atomic E-state index is 12.1. The Kier molecular flexibility index (Phi) is 5.70. The molecule has 1 aliphatic rings. The van der Waals surface area contributed by atoms with Gasteiger partial charge in [0.2, 0.25) is 5.91 Å². The van der Waals surface area contributed by atoms with E-state index in [9.17, 15) is 19.8 Å². The van der Waals surface area contributed by atoms with Crippen LogP contribution in [0, 0.1) is 0 Å². The van der Waals surface area contributed by atoms with Gasteiger partial charge in [-0.3, -0.25) is 4.79 Å². The van der Waals surface area contributed by atoms with Crippen molar-refractivity contribution in [2.24, 2.45) is 5.73 Å². The molecule has 1 fully saturated rings. The smallest absolute Gasteiger partial charge is 0.312 e. The fraction of sp³-hybridized carbons (Fsp3) is 0.800. The van der Waals surface area contributed by atoms with E-state index in [0.717, 1.165) is 0 Å². The van der Waals surface area contributed by atoms with Crippen molar-refractivity contribution in [3.8, 4) is 0 Å². The highest BCUT2D eigenvalue weighted by molar-refractivity contribution is 7.98. The molecule has 1 unspecified atom stereocenters. The number of urea groups is 1. The molecule has 0 aliphatic carbocycles. The first kappa shape index (κ1) is 15.1. The molecule has 5 N–H and O–H groups in total. The van der Waals surface area contributed by atoms with Crippen LogP contribution in [0.1, 0.15) is 6.42 Å². The third-order valence-corrected chi connectivity index (χ3v) is 3.44. The molecule has 104 valence electrons. The number of likely N-dealkylation sites (tertiary alicyclic amines) is 1. The average Bonchev–Trinajstić information content (AvgIpc) is 2.63. The highest BCUT2D eigenvalue weighted by Crippen LogP contribution is 2.13. The number of nitrogens with zero attached hydrogens (tertiary/aromatic N) is 1. The van der Waals surface area contributed by atoms with Crippen molar-refractivity contribution in [2.75, 3.05) is 25.1 Å². The third-order valence-electron chi connectivity index (χ3n) is 2.80. The van der Waals surface area contributed by atoms with Crippen molar-refractivity contribution in [1.82, 2.24) is 10.2 Å². The summed E-state index contributed by atoms with van der Waals surface area (Å²) in [6.07, 6.45) is 0.508. The van der Waals surface area contributed by atoms with Crippen LogP contribution >= 0.6 is 11.8 Å². The van der Waals surface area contributed by atoms with Gasteiger partial charge in [-0.2, -0.15) is 11.8 Å². The summed E-state index contributed by atoms with van der Waals surface area (Å²) in [7, 11) is 0. The number of carbonyl (C=O) groups excluding carboxylic acids is 2. The quantitative estimate of drug-likeness (QED) is 0.480. The lowest BCUT2D eigenvalue weighted by Crippen LogP contribution is -2.50. The van der Waals surface area contributed by atoms with Gasteiger partial charge in [0.15, 0.2) is 0 Å². The van der Waals surface area contributed by atoms with E-state index in [2.05, 4.69) is 5.32 Å². The standard InChI is InChI=1S/C10H19N3O4S/c1-18-3-2-6(12-10(11)17)9(16)13-4-7(14)8(15)5-13/h6-8,14-15H,2-5H2,1H3,(H3,11,12,17)/t6?,7-,8+. The van der Waals surface area contributed by atoms with E-state index in [0.29, 0.717) is 12.2 Å². The Labute approximate surface area is 110 Å². The molecule has 0 aromatic rings. The number of carbonyl (C=O) groups is 2. The lowest BCUT2D eigenvalue weighted by Gasteiger charge is -2.23. The van der Waals surface area contributed by atoms with Gasteiger partial charge < -0.3 is 26.2 Å². The number of nitrogens with one attached hydrogen (secondary N) is 1. The minimum absolute atomic E-state index is 0.0796. The van der Waals surface area contributed by atoms with Crippen molar-refractivity contribution in [3.63, 3.8) is 0 Å². The zero-order valence-corrected chi connectivity index (χ0v) is 11.0. The summed E-state index contributed by atoms with van der Waals surface area (Å²) in [6, 6.07) is -1.46. The van der Waals surface area contributed by atoms with Crippen LogP contribution in [-0.4, -0.2) is 70.4 Å². The predicted molar refractivity (Wildman–Crippen MR) is 68.1 cm³/mol. The molecular formula is C10H19N3O4S. The van der Waals surface area contributed by atoms with E-state index < -0.39 is 24.3 Å². The van der Waals surface area contributed by atoms with Gasteiger partial charge in [-0.1, -0.05) is 0 Å². The molecule has 7 nitrogen and oxygen atoms in total. The second kappa shape index (κ2) is 6.81. The molecule has 0 aromatic carbocycles. The second-order valence-corrected chi connectivity index (χ2v) is 5.21. The van der Waals surface area contributed by atoms with Crippen LogP contribution in [-0.2, 0) is 4.79 Å². The summed E-state index contributed by atoms with van der Waals surface area (Å²) < 4.78 is 0. The first-order valence-electron chi connectivity index (χ1n) is 5.65. The van der Waals surface area contributed by atoms with Crippen molar-refractivity contribution in [2.45, 2.75) is 24.7 Å². The highest BCUT2D eigenvalue weighted by Gasteiger charge is 2.35. The van der Waals surface area contributed by atoms with Crippen molar-refractivity contribution in [3.05, 3.63) is 0 Å². The molecule has 1 saturated heterocycles.